The standard InChI is InChI=1S/C14H21FO2/c1-3-14(16,4-2)10-5-11-17-13-8-6-12(15)7-9-13/h6-9,16H,3-5,10-11H2,1-2H3. The molecule has 3 heteroatoms. The maximum atomic E-state index is 12.6. The summed E-state index contributed by atoms with van der Waals surface area (Å²) in [7, 11) is 0. The molecule has 0 radical (unpaired) electrons. The number of hydrogen-bond acceptors (Lipinski definition) is 2. The van der Waals surface area contributed by atoms with E-state index in [-0.39, 0.29) is 5.82 Å². The van der Waals surface area contributed by atoms with Crippen LogP contribution in [-0.4, -0.2) is 17.3 Å². The number of benzene rings is 1. The Morgan fingerprint density at radius 1 is 1.18 bits per heavy atom. The van der Waals surface area contributed by atoms with Crippen molar-refractivity contribution in [1.82, 2.24) is 0 Å². The minimum absolute atomic E-state index is 0.260. The summed E-state index contributed by atoms with van der Waals surface area (Å²) in [6, 6.07) is 5.98. The molecule has 17 heavy (non-hydrogen) atoms. The van der Waals surface area contributed by atoms with Gasteiger partial charge in [-0.05, 0) is 49.9 Å². The van der Waals surface area contributed by atoms with Gasteiger partial charge in [0, 0.05) is 0 Å². The first-order valence-corrected chi connectivity index (χ1v) is 6.20. The monoisotopic (exact) mass is 240 g/mol. The maximum Gasteiger partial charge on any atom is 0.123 e. The summed E-state index contributed by atoms with van der Waals surface area (Å²) in [4.78, 5) is 0. The van der Waals surface area contributed by atoms with Gasteiger partial charge in [-0.2, -0.15) is 0 Å². The molecule has 0 unspecified atom stereocenters. The largest absolute Gasteiger partial charge is 0.494 e. The van der Waals surface area contributed by atoms with Crippen LogP contribution in [0.3, 0.4) is 0 Å². The lowest BCUT2D eigenvalue weighted by molar-refractivity contribution is 0.0185. The van der Waals surface area contributed by atoms with Gasteiger partial charge in [0.15, 0.2) is 0 Å². The third-order valence-corrected chi connectivity index (χ3v) is 3.19. The summed E-state index contributed by atoms with van der Waals surface area (Å²) < 4.78 is 18.1. The second-order valence-electron chi connectivity index (χ2n) is 4.34. The fraction of sp³-hybridized carbons (Fsp3) is 0.571. The van der Waals surface area contributed by atoms with Crippen LogP contribution in [0.1, 0.15) is 39.5 Å². The van der Waals surface area contributed by atoms with Crippen molar-refractivity contribution in [3.8, 4) is 5.75 Å². The van der Waals surface area contributed by atoms with Crippen molar-refractivity contribution in [3.05, 3.63) is 30.1 Å². The molecule has 2 nitrogen and oxygen atoms in total. The van der Waals surface area contributed by atoms with Crippen LogP contribution in [0.15, 0.2) is 24.3 Å². The Labute approximate surface area is 102 Å². The predicted octanol–water partition coefficient (Wildman–Crippen LogP) is 3.54. The van der Waals surface area contributed by atoms with Crippen LogP contribution >= 0.6 is 0 Å². The van der Waals surface area contributed by atoms with Crippen LogP contribution in [0, 0.1) is 5.82 Å². The Kier molecular flexibility index (Phi) is 5.42. The van der Waals surface area contributed by atoms with E-state index in [0.29, 0.717) is 12.4 Å². The van der Waals surface area contributed by atoms with Crippen molar-refractivity contribution in [2.45, 2.75) is 45.1 Å². The Balaban J connectivity index is 2.26. The van der Waals surface area contributed by atoms with E-state index in [2.05, 4.69) is 0 Å². The average molecular weight is 240 g/mol. The van der Waals surface area contributed by atoms with Crippen LogP contribution in [0.4, 0.5) is 4.39 Å². The molecule has 0 spiro atoms. The number of hydrogen-bond donors (Lipinski definition) is 1. The van der Waals surface area contributed by atoms with Gasteiger partial charge in [-0.15, -0.1) is 0 Å². The molecule has 0 fully saturated rings. The molecule has 0 heterocycles. The summed E-state index contributed by atoms with van der Waals surface area (Å²) in [6.45, 7) is 4.53. The van der Waals surface area contributed by atoms with Gasteiger partial charge in [0.25, 0.3) is 0 Å². The third-order valence-electron chi connectivity index (χ3n) is 3.19. The van der Waals surface area contributed by atoms with Crippen molar-refractivity contribution in [2.24, 2.45) is 0 Å². The first-order valence-electron chi connectivity index (χ1n) is 6.20. The van der Waals surface area contributed by atoms with E-state index in [1.54, 1.807) is 12.1 Å². The third kappa shape index (κ3) is 4.73. The highest BCUT2D eigenvalue weighted by Gasteiger charge is 2.21. The molecule has 1 rings (SSSR count). The molecule has 1 aromatic rings. The van der Waals surface area contributed by atoms with Crippen LogP contribution < -0.4 is 4.74 Å². The molecule has 0 bridgehead atoms. The van der Waals surface area contributed by atoms with Gasteiger partial charge in [-0.3, -0.25) is 0 Å². The predicted molar refractivity (Wildman–Crippen MR) is 66.7 cm³/mol. The highest BCUT2D eigenvalue weighted by atomic mass is 19.1. The van der Waals surface area contributed by atoms with E-state index in [4.69, 9.17) is 4.74 Å². The fourth-order valence-electron chi connectivity index (χ4n) is 1.73. The van der Waals surface area contributed by atoms with Gasteiger partial charge in [-0.1, -0.05) is 13.8 Å². The van der Waals surface area contributed by atoms with E-state index >= 15 is 0 Å². The molecule has 96 valence electrons. The second kappa shape index (κ2) is 6.60. The zero-order chi connectivity index (χ0) is 12.7. The van der Waals surface area contributed by atoms with Gasteiger partial charge in [0.05, 0.1) is 12.2 Å². The van der Waals surface area contributed by atoms with E-state index in [0.717, 1.165) is 25.7 Å². The van der Waals surface area contributed by atoms with Gasteiger partial charge in [0.1, 0.15) is 11.6 Å². The summed E-state index contributed by atoms with van der Waals surface area (Å²) in [5, 5.41) is 10.1. The molecule has 0 aliphatic rings. The van der Waals surface area contributed by atoms with Gasteiger partial charge >= 0.3 is 0 Å². The molecule has 0 saturated carbocycles. The molecule has 0 saturated heterocycles. The Hall–Kier alpha value is -1.09. The van der Waals surface area contributed by atoms with Crippen LogP contribution in [0.25, 0.3) is 0 Å². The highest BCUT2D eigenvalue weighted by Crippen LogP contribution is 2.21. The van der Waals surface area contributed by atoms with Crippen molar-refractivity contribution < 1.29 is 14.2 Å². The van der Waals surface area contributed by atoms with E-state index in [1.165, 1.54) is 12.1 Å². The summed E-state index contributed by atoms with van der Waals surface area (Å²) >= 11 is 0. The SMILES string of the molecule is CCC(O)(CC)CCCOc1ccc(F)cc1. The van der Waals surface area contributed by atoms with E-state index < -0.39 is 5.60 Å². The van der Waals surface area contributed by atoms with Gasteiger partial charge in [-0.25, -0.2) is 4.39 Å². The summed E-state index contributed by atoms with van der Waals surface area (Å²) in [5.74, 6) is 0.409. The minimum atomic E-state index is -0.563. The zero-order valence-electron chi connectivity index (χ0n) is 10.6. The van der Waals surface area contributed by atoms with Crippen molar-refractivity contribution in [2.75, 3.05) is 6.61 Å². The molecular formula is C14H21FO2. The van der Waals surface area contributed by atoms with Gasteiger partial charge in [0.2, 0.25) is 0 Å². The van der Waals surface area contributed by atoms with Crippen molar-refractivity contribution >= 4 is 0 Å². The second-order valence-corrected chi connectivity index (χ2v) is 4.34. The molecule has 0 atom stereocenters. The van der Waals surface area contributed by atoms with Crippen molar-refractivity contribution in [3.63, 3.8) is 0 Å². The average Bonchev–Trinajstić information content (AvgIpc) is 2.36. The van der Waals surface area contributed by atoms with E-state index in [1.807, 2.05) is 13.8 Å². The van der Waals surface area contributed by atoms with Crippen LogP contribution in [-0.2, 0) is 0 Å². The molecule has 1 N–H and O–H groups in total. The summed E-state index contributed by atoms with van der Waals surface area (Å²) in [6.07, 6.45) is 3.07. The quantitative estimate of drug-likeness (QED) is 0.739. The lowest BCUT2D eigenvalue weighted by Gasteiger charge is -2.24. The number of aliphatic hydroxyl groups is 1. The number of rotatable bonds is 7. The molecule has 0 aliphatic heterocycles. The normalized spacial score (nSPS) is 11.5. The molecule has 0 amide bonds. The van der Waals surface area contributed by atoms with Crippen LogP contribution in [0.2, 0.25) is 0 Å². The fourth-order valence-corrected chi connectivity index (χ4v) is 1.73. The Morgan fingerprint density at radius 3 is 2.29 bits per heavy atom. The molecule has 0 aromatic heterocycles. The van der Waals surface area contributed by atoms with Gasteiger partial charge < -0.3 is 9.84 Å². The Bertz CT molecular complexity index is 317. The highest BCUT2D eigenvalue weighted by molar-refractivity contribution is 5.21. The van der Waals surface area contributed by atoms with Crippen molar-refractivity contribution in [1.29, 1.82) is 0 Å². The number of halogens is 1. The molecule has 1 aromatic carbocycles. The minimum Gasteiger partial charge on any atom is -0.494 e. The molecule has 0 aliphatic carbocycles. The summed E-state index contributed by atoms with van der Waals surface area (Å²) in [5.41, 5.74) is -0.563. The first kappa shape index (κ1) is 14.0. The smallest absolute Gasteiger partial charge is 0.123 e. The lowest BCUT2D eigenvalue weighted by Crippen LogP contribution is -2.26. The topological polar surface area (TPSA) is 29.5 Å². The first-order chi connectivity index (χ1) is 8.09. The zero-order valence-corrected chi connectivity index (χ0v) is 10.6. The van der Waals surface area contributed by atoms with E-state index in [9.17, 15) is 9.50 Å². The number of ether oxygens (including phenoxy) is 1. The Morgan fingerprint density at radius 2 is 1.76 bits per heavy atom. The molecular weight excluding hydrogens is 219 g/mol. The van der Waals surface area contributed by atoms with Crippen LogP contribution in [0.5, 0.6) is 5.75 Å². The lowest BCUT2D eigenvalue weighted by atomic mass is 9.92. The maximum absolute atomic E-state index is 12.6.